The number of aromatic amines is 1. The van der Waals surface area contributed by atoms with Crippen molar-refractivity contribution in [1.29, 1.82) is 0 Å². The van der Waals surface area contributed by atoms with Crippen LogP contribution in [0, 0.1) is 6.92 Å². The van der Waals surface area contributed by atoms with Gasteiger partial charge in [0, 0.05) is 21.2 Å². The fourth-order valence-corrected chi connectivity index (χ4v) is 5.44. The molecule has 0 spiro atoms. The summed E-state index contributed by atoms with van der Waals surface area (Å²) >= 11 is 14.4. The number of benzene rings is 1. The van der Waals surface area contributed by atoms with Crippen LogP contribution < -0.4 is 5.32 Å². The molecule has 5 rings (SSSR count). The Balaban J connectivity index is 1.77. The molecular formula is C18H13Cl2N7OS. The Morgan fingerprint density at radius 1 is 1.17 bits per heavy atom. The average molecular weight is 446 g/mol. The van der Waals surface area contributed by atoms with Gasteiger partial charge >= 0.3 is 0 Å². The van der Waals surface area contributed by atoms with Crippen molar-refractivity contribution in [2.75, 3.05) is 11.1 Å². The van der Waals surface area contributed by atoms with E-state index in [1.807, 2.05) is 6.92 Å². The molecule has 0 fully saturated rings. The molecule has 0 unspecified atom stereocenters. The number of hydrogen-bond acceptors (Lipinski definition) is 6. The van der Waals surface area contributed by atoms with Gasteiger partial charge in [0.1, 0.15) is 17.7 Å². The first-order chi connectivity index (χ1) is 14.0. The van der Waals surface area contributed by atoms with E-state index in [9.17, 15) is 4.79 Å². The molecule has 1 amide bonds. The summed E-state index contributed by atoms with van der Waals surface area (Å²) in [6.07, 6.45) is 2.95. The van der Waals surface area contributed by atoms with Crippen LogP contribution in [-0.4, -0.2) is 41.4 Å². The monoisotopic (exact) mass is 445 g/mol. The Morgan fingerprint density at radius 3 is 2.76 bits per heavy atom. The number of rotatable bonds is 2. The van der Waals surface area contributed by atoms with E-state index in [1.165, 1.54) is 18.1 Å². The number of carbonyl (C=O) groups excluding carboxylic acids is 1. The fourth-order valence-electron chi connectivity index (χ4n) is 3.44. The molecule has 1 aliphatic rings. The third kappa shape index (κ3) is 2.97. The third-order valence-corrected chi connectivity index (χ3v) is 6.57. The summed E-state index contributed by atoms with van der Waals surface area (Å²) in [6.45, 7) is 1.89. The van der Waals surface area contributed by atoms with Gasteiger partial charge in [-0.05, 0) is 19.1 Å². The minimum absolute atomic E-state index is 0.141. The summed E-state index contributed by atoms with van der Waals surface area (Å²) in [5.74, 6) is 1.14. The summed E-state index contributed by atoms with van der Waals surface area (Å²) in [7, 11) is 0. The molecule has 8 nitrogen and oxygen atoms in total. The highest BCUT2D eigenvalue weighted by Gasteiger charge is 2.33. The Morgan fingerprint density at radius 2 is 1.97 bits per heavy atom. The highest BCUT2D eigenvalue weighted by molar-refractivity contribution is 8.00. The van der Waals surface area contributed by atoms with Gasteiger partial charge in [0.15, 0.2) is 11.5 Å². The van der Waals surface area contributed by atoms with Crippen molar-refractivity contribution in [2.45, 2.75) is 12.2 Å². The number of halogens is 2. The van der Waals surface area contributed by atoms with Crippen LogP contribution in [0.1, 0.15) is 22.1 Å². The highest BCUT2D eigenvalue weighted by Crippen LogP contribution is 2.48. The Labute approximate surface area is 179 Å². The van der Waals surface area contributed by atoms with E-state index >= 15 is 0 Å². The first-order valence-electron chi connectivity index (χ1n) is 8.64. The van der Waals surface area contributed by atoms with Gasteiger partial charge in [-0.15, -0.1) is 11.8 Å². The van der Waals surface area contributed by atoms with E-state index in [0.29, 0.717) is 32.8 Å². The smallest absolute Gasteiger partial charge is 0.235 e. The molecule has 4 heterocycles. The quantitative estimate of drug-likeness (QED) is 0.484. The van der Waals surface area contributed by atoms with Gasteiger partial charge in [-0.1, -0.05) is 29.3 Å². The summed E-state index contributed by atoms with van der Waals surface area (Å²) < 4.78 is 1.61. The number of thioether (sulfide) groups is 1. The number of carbonyl (C=O) groups is 1. The van der Waals surface area contributed by atoms with Crippen molar-refractivity contribution < 1.29 is 4.79 Å². The second-order valence-electron chi connectivity index (χ2n) is 6.43. The highest BCUT2D eigenvalue weighted by atomic mass is 35.5. The van der Waals surface area contributed by atoms with Crippen molar-refractivity contribution in [2.24, 2.45) is 0 Å². The average Bonchev–Trinajstić information content (AvgIpc) is 3.24. The zero-order valence-electron chi connectivity index (χ0n) is 15.0. The Kier molecular flexibility index (Phi) is 4.45. The Bertz CT molecular complexity index is 1250. The number of nitrogens with one attached hydrogen (secondary N) is 2. The SMILES string of the molecule is Cc1nn(-c2ncnc3nc[nH]c23)c2c1[C@H](c1c(Cl)cccc1Cl)SCC(=O)N2. The maximum absolute atomic E-state index is 12.5. The number of nitrogens with zero attached hydrogens (tertiary/aromatic N) is 5. The van der Waals surface area contributed by atoms with Crippen LogP contribution >= 0.6 is 35.0 Å². The van der Waals surface area contributed by atoms with Gasteiger partial charge in [-0.3, -0.25) is 4.79 Å². The van der Waals surface area contributed by atoms with Gasteiger partial charge in [-0.2, -0.15) is 9.78 Å². The minimum Gasteiger partial charge on any atom is -0.340 e. The largest absolute Gasteiger partial charge is 0.340 e. The second-order valence-corrected chi connectivity index (χ2v) is 8.34. The van der Waals surface area contributed by atoms with E-state index in [2.05, 4.69) is 30.4 Å². The molecule has 146 valence electrons. The lowest BCUT2D eigenvalue weighted by Crippen LogP contribution is -2.16. The van der Waals surface area contributed by atoms with Crippen LogP contribution in [-0.2, 0) is 4.79 Å². The van der Waals surface area contributed by atoms with Crippen molar-refractivity contribution in [3.05, 3.63) is 57.7 Å². The fraction of sp³-hybridized carbons (Fsp3) is 0.167. The molecule has 29 heavy (non-hydrogen) atoms. The molecule has 2 N–H and O–H groups in total. The number of H-pyrrole nitrogens is 1. The number of aromatic nitrogens is 6. The maximum atomic E-state index is 12.5. The lowest BCUT2D eigenvalue weighted by Gasteiger charge is -2.18. The molecule has 0 bridgehead atoms. The van der Waals surface area contributed by atoms with Crippen molar-refractivity contribution >= 4 is 57.9 Å². The molecule has 11 heteroatoms. The molecule has 4 aromatic rings. The molecule has 1 aromatic carbocycles. The number of aryl methyl sites for hydroxylation is 1. The van der Waals surface area contributed by atoms with Crippen LogP contribution in [0.4, 0.5) is 5.82 Å². The summed E-state index contributed by atoms with van der Waals surface area (Å²) in [5, 5.41) is 8.45. The molecule has 0 saturated carbocycles. The summed E-state index contributed by atoms with van der Waals surface area (Å²) in [6, 6.07) is 5.38. The standard InChI is InChI=1S/C18H13Cl2N7OS/c1-8-12-15(13-9(19)3-2-4-10(13)20)29-5-11(28)25-17(12)27(26-8)18-14-16(22-6-21-14)23-7-24-18/h2-4,6-7,15H,5H2,1H3,(H,25,28)(H,21,22,23,24)/t15-/m1/s1. The van der Waals surface area contributed by atoms with Crippen LogP contribution in [0.3, 0.4) is 0 Å². The van der Waals surface area contributed by atoms with Crippen LogP contribution in [0.2, 0.25) is 10.0 Å². The number of anilines is 1. The minimum atomic E-state index is -0.266. The summed E-state index contributed by atoms with van der Waals surface area (Å²) in [5.41, 5.74) is 3.47. The zero-order chi connectivity index (χ0) is 20.1. The van der Waals surface area contributed by atoms with E-state index < -0.39 is 0 Å². The number of fused-ring (bicyclic) bond motifs is 2. The van der Waals surface area contributed by atoms with E-state index in [-0.39, 0.29) is 16.9 Å². The molecule has 3 aromatic heterocycles. The number of imidazole rings is 1. The van der Waals surface area contributed by atoms with Crippen LogP contribution in [0.5, 0.6) is 0 Å². The summed E-state index contributed by atoms with van der Waals surface area (Å²) in [4.78, 5) is 28.2. The maximum Gasteiger partial charge on any atom is 0.235 e. The van der Waals surface area contributed by atoms with Gasteiger partial charge in [0.2, 0.25) is 5.91 Å². The third-order valence-electron chi connectivity index (χ3n) is 4.67. The van der Waals surface area contributed by atoms with E-state index in [1.54, 1.807) is 29.2 Å². The molecular weight excluding hydrogens is 433 g/mol. The second kappa shape index (κ2) is 7.01. The van der Waals surface area contributed by atoms with Crippen molar-refractivity contribution in [1.82, 2.24) is 29.7 Å². The normalized spacial score (nSPS) is 16.5. The first kappa shape index (κ1) is 18.4. The van der Waals surface area contributed by atoms with Gasteiger partial charge in [-0.25, -0.2) is 15.0 Å². The predicted octanol–water partition coefficient (Wildman–Crippen LogP) is 3.93. The number of amides is 1. The van der Waals surface area contributed by atoms with Crippen molar-refractivity contribution in [3.63, 3.8) is 0 Å². The lowest BCUT2D eigenvalue weighted by molar-refractivity contribution is -0.113. The molecule has 0 saturated heterocycles. The van der Waals surface area contributed by atoms with Crippen molar-refractivity contribution in [3.8, 4) is 5.82 Å². The molecule has 1 aliphatic heterocycles. The first-order valence-corrected chi connectivity index (χ1v) is 10.4. The van der Waals surface area contributed by atoms with E-state index in [0.717, 1.165) is 16.8 Å². The van der Waals surface area contributed by atoms with E-state index in [4.69, 9.17) is 23.2 Å². The molecule has 1 atom stereocenters. The van der Waals surface area contributed by atoms with Gasteiger partial charge < -0.3 is 10.3 Å². The topological polar surface area (TPSA) is 101 Å². The van der Waals surface area contributed by atoms with Gasteiger partial charge in [0.05, 0.1) is 23.0 Å². The molecule has 0 aliphatic carbocycles. The number of hydrogen-bond donors (Lipinski definition) is 2. The molecule has 0 radical (unpaired) electrons. The predicted molar refractivity (Wildman–Crippen MR) is 113 cm³/mol. The zero-order valence-corrected chi connectivity index (χ0v) is 17.3. The Hall–Kier alpha value is -2.62. The van der Waals surface area contributed by atoms with Gasteiger partial charge in [0.25, 0.3) is 0 Å². The van der Waals surface area contributed by atoms with Crippen LogP contribution in [0.25, 0.3) is 17.0 Å². The van der Waals surface area contributed by atoms with Crippen LogP contribution in [0.15, 0.2) is 30.9 Å². The lowest BCUT2D eigenvalue weighted by atomic mass is 10.0.